The molecule has 2 heterocycles. The van der Waals surface area contributed by atoms with Crippen molar-refractivity contribution >= 4 is 15.8 Å². The number of aromatic amines is 1. The minimum Gasteiger partial charge on any atom is -0.280 e. The Kier molecular flexibility index (Phi) is 3.48. The minimum absolute atomic E-state index is 0.152. The maximum absolute atomic E-state index is 12.1. The summed E-state index contributed by atoms with van der Waals surface area (Å²) in [5.41, 5.74) is 0.658. The van der Waals surface area contributed by atoms with Gasteiger partial charge in [-0.25, -0.2) is 13.4 Å². The zero-order valence-electron chi connectivity index (χ0n) is 10.1. The van der Waals surface area contributed by atoms with E-state index in [1.54, 1.807) is 12.1 Å². The van der Waals surface area contributed by atoms with Crippen LogP contribution in [0.1, 0.15) is 18.3 Å². The van der Waals surface area contributed by atoms with Crippen molar-refractivity contribution in [1.29, 1.82) is 5.26 Å². The van der Waals surface area contributed by atoms with Crippen LogP contribution in [0.3, 0.4) is 0 Å². The lowest BCUT2D eigenvalue weighted by atomic mass is 10.3. The number of nitrogens with zero attached hydrogens (tertiary/aromatic N) is 3. The third-order valence-electron chi connectivity index (χ3n) is 2.42. The molecule has 0 aliphatic heterocycles. The molecule has 8 heteroatoms. The SMILES string of the molecule is CCc1cc(NS(=O)(=O)c2cccnc2C#N)n[nH]1. The Bertz CT molecular complexity index is 730. The zero-order chi connectivity index (χ0) is 13.9. The number of anilines is 1. The number of nitriles is 1. The molecule has 0 saturated carbocycles. The van der Waals surface area contributed by atoms with E-state index in [9.17, 15) is 8.42 Å². The van der Waals surface area contributed by atoms with Crippen LogP contribution in [0.15, 0.2) is 29.3 Å². The van der Waals surface area contributed by atoms with Gasteiger partial charge in [-0.3, -0.25) is 9.82 Å². The molecule has 0 atom stereocenters. The van der Waals surface area contributed by atoms with Crippen molar-refractivity contribution in [2.75, 3.05) is 4.72 Å². The number of aromatic nitrogens is 3. The highest BCUT2D eigenvalue weighted by Gasteiger charge is 2.20. The number of pyridine rings is 1. The van der Waals surface area contributed by atoms with E-state index in [4.69, 9.17) is 5.26 Å². The lowest BCUT2D eigenvalue weighted by molar-refractivity contribution is 0.600. The van der Waals surface area contributed by atoms with Gasteiger partial charge in [-0.05, 0) is 18.6 Å². The third-order valence-corrected chi connectivity index (χ3v) is 3.80. The standard InChI is InChI=1S/C11H11N5O2S/c1-2-8-6-11(15-14-8)16-19(17,18)10-4-3-5-13-9(10)7-12/h3-6H,2H2,1H3,(H2,14,15,16). The van der Waals surface area contributed by atoms with Crippen molar-refractivity contribution in [2.24, 2.45) is 0 Å². The lowest BCUT2D eigenvalue weighted by Crippen LogP contribution is -2.15. The van der Waals surface area contributed by atoms with Gasteiger partial charge in [-0.2, -0.15) is 10.4 Å². The fraction of sp³-hybridized carbons (Fsp3) is 0.182. The molecule has 2 aromatic heterocycles. The van der Waals surface area contributed by atoms with E-state index < -0.39 is 10.0 Å². The van der Waals surface area contributed by atoms with E-state index in [1.165, 1.54) is 18.3 Å². The summed E-state index contributed by atoms with van der Waals surface area (Å²) >= 11 is 0. The smallest absolute Gasteiger partial charge is 0.265 e. The average molecular weight is 277 g/mol. The maximum Gasteiger partial charge on any atom is 0.265 e. The maximum atomic E-state index is 12.1. The van der Waals surface area contributed by atoms with E-state index in [1.807, 2.05) is 6.92 Å². The Balaban J connectivity index is 2.35. The molecule has 2 rings (SSSR count). The highest BCUT2D eigenvalue weighted by atomic mass is 32.2. The monoisotopic (exact) mass is 277 g/mol. The van der Waals surface area contributed by atoms with Gasteiger partial charge in [0, 0.05) is 18.0 Å². The summed E-state index contributed by atoms with van der Waals surface area (Å²) in [4.78, 5) is 3.55. The summed E-state index contributed by atoms with van der Waals surface area (Å²) in [7, 11) is -3.87. The van der Waals surface area contributed by atoms with Crippen molar-refractivity contribution in [3.8, 4) is 6.07 Å². The van der Waals surface area contributed by atoms with Gasteiger partial charge in [-0.1, -0.05) is 6.92 Å². The molecule has 7 nitrogen and oxygen atoms in total. The molecule has 0 bridgehead atoms. The van der Waals surface area contributed by atoms with Crippen molar-refractivity contribution in [2.45, 2.75) is 18.2 Å². The van der Waals surface area contributed by atoms with E-state index in [2.05, 4.69) is 19.9 Å². The Morgan fingerprint density at radius 3 is 2.95 bits per heavy atom. The summed E-state index contributed by atoms with van der Waals surface area (Å²) in [5.74, 6) is 0.185. The Morgan fingerprint density at radius 2 is 2.32 bits per heavy atom. The predicted octanol–water partition coefficient (Wildman–Crippen LogP) is 1.04. The first-order valence-electron chi connectivity index (χ1n) is 5.49. The first kappa shape index (κ1) is 13.0. The largest absolute Gasteiger partial charge is 0.280 e. The first-order chi connectivity index (χ1) is 9.06. The van der Waals surface area contributed by atoms with Crippen LogP contribution in [0.4, 0.5) is 5.82 Å². The van der Waals surface area contributed by atoms with Gasteiger partial charge in [0.15, 0.2) is 11.5 Å². The van der Waals surface area contributed by atoms with Crippen LogP contribution in [0, 0.1) is 11.3 Å². The number of sulfonamides is 1. The molecular weight excluding hydrogens is 266 g/mol. The van der Waals surface area contributed by atoms with E-state index in [0.717, 1.165) is 5.69 Å². The third kappa shape index (κ3) is 2.71. The number of rotatable bonds is 4. The predicted molar refractivity (Wildman–Crippen MR) is 67.7 cm³/mol. The zero-order valence-corrected chi connectivity index (χ0v) is 10.9. The molecule has 2 aromatic rings. The second-order valence-corrected chi connectivity index (χ2v) is 5.35. The Labute approximate surface area is 110 Å². The molecule has 0 amide bonds. The fourth-order valence-corrected chi connectivity index (χ4v) is 2.58. The van der Waals surface area contributed by atoms with Crippen LogP contribution in [0.5, 0.6) is 0 Å². The number of aryl methyl sites for hydroxylation is 1. The van der Waals surface area contributed by atoms with Crippen molar-refractivity contribution in [3.63, 3.8) is 0 Å². The molecule has 2 N–H and O–H groups in total. The van der Waals surface area contributed by atoms with Crippen LogP contribution in [0.2, 0.25) is 0 Å². The minimum atomic E-state index is -3.87. The summed E-state index contributed by atoms with van der Waals surface area (Å²) in [5, 5.41) is 15.4. The van der Waals surface area contributed by atoms with Crippen LogP contribution in [-0.2, 0) is 16.4 Å². The van der Waals surface area contributed by atoms with Gasteiger partial charge in [-0.15, -0.1) is 0 Å². The van der Waals surface area contributed by atoms with Crippen molar-refractivity contribution < 1.29 is 8.42 Å². The van der Waals surface area contributed by atoms with E-state index in [0.29, 0.717) is 6.42 Å². The van der Waals surface area contributed by atoms with Crippen molar-refractivity contribution in [1.82, 2.24) is 15.2 Å². The second kappa shape index (κ2) is 5.07. The summed E-state index contributed by atoms with van der Waals surface area (Å²) < 4.78 is 26.5. The highest BCUT2D eigenvalue weighted by Crippen LogP contribution is 2.16. The molecule has 0 aliphatic carbocycles. The van der Waals surface area contributed by atoms with Crippen LogP contribution < -0.4 is 4.72 Å². The number of nitrogens with one attached hydrogen (secondary N) is 2. The van der Waals surface area contributed by atoms with Gasteiger partial charge in [0.1, 0.15) is 11.0 Å². The molecule has 0 radical (unpaired) electrons. The Hall–Kier alpha value is -2.40. The second-order valence-electron chi connectivity index (χ2n) is 3.70. The van der Waals surface area contributed by atoms with E-state index >= 15 is 0 Å². The van der Waals surface area contributed by atoms with Gasteiger partial charge in [0.05, 0.1) is 0 Å². The first-order valence-corrected chi connectivity index (χ1v) is 6.97. The van der Waals surface area contributed by atoms with Gasteiger partial charge < -0.3 is 0 Å². The summed E-state index contributed by atoms with van der Waals surface area (Å²) in [6, 6.07) is 6.12. The molecular formula is C11H11N5O2S. The van der Waals surface area contributed by atoms with Crippen LogP contribution >= 0.6 is 0 Å². The normalized spacial score (nSPS) is 10.9. The van der Waals surface area contributed by atoms with Crippen molar-refractivity contribution in [3.05, 3.63) is 35.8 Å². The van der Waals surface area contributed by atoms with Gasteiger partial charge in [0.2, 0.25) is 0 Å². The summed E-state index contributed by atoms with van der Waals surface area (Å²) in [6.45, 7) is 1.92. The fourth-order valence-electron chi connectivity index (χ4n) is 1.48. The van der Waals surface area contributed by atoms with Crippen LogP contribution in [-0.4, -0.2) is 23.6 Å². The molecule has 0 unspecified atom stereocenters. The molecule has 19 heavy (non-hydrogen) atoms. The topological polar surface area (TPSA) is 112 Å². The van der Waals surface area contributed by atoms with Crippen LogP contribution in [0.25, 0.3) is 0 Å². The molecule has 0 fully saturated rings. The quantitative estimate of drug-likeness (QED) is 0.867. The molecule has 0 aromatic carbocycles. The number of hydrogen-bond donors (Lipinski definition) is 2. The van der Waals surface area contributed by atoms with Gasteiger partial charge in [0.25, 0.3) is 10.0 Å². The molecule has 98 valence electrons. The Morgan fingerprint density at radius 1 is 1.53 bits per heavy atom. The van der Waals surface area contributed by atoms with E-state index in [-0.39, 0.29) is 16.4 Å². The highest BCUT2D eigenvalue weighted by molar-refractivity contribution is 7.92. The lowest BCUT2D eigenvalue weighted by Gasteiger charge is -2.05. The molecule has 0 saturated heterocycles. The average Bonchev–Trinajstić information content (AvgIpc) is 2.85. The van der Waals surface area contributed by atoms with Gasteiger partial charge >= 0.3 is 0 Å². The number of hydrogen-bond acceptors (Lipinski definition) is 5. The summed E-state index contributed by atoms with van der Waals surface area (Å²) in [6.07, 6.45) is 2.08. The molecule has 0 spiro atoms. The number of H-pyrrole nitrogens is 1. The molecule has 0 aliphatic rings.